The van der Waals surface area contributed by atoms with Crippen LogP contribution in [0.25, 0.3) is 33.6 Å². The summed E-state index contributed by atoms with van der Waals surface area (Å²) < 4.78 is 5.71. The van der Waals surface area contributed by atoms with Crippen LogP contribution in [0.15, 0.2) is 65.2 Å². The summed E-state index contributed by atoms with van der Waals surface area (Å²) >= 11 is 6.57. The van der Waals surface area contributed by atoms with E-state index in [1.807, 2.05) is 24.3 Å². The minimum Gasteiger partial charge on any atom is -0.504 e. The Morgan fingerprint density at radius 2 is 1.97 bits per heavy atom. The summed E-state index contributed by atoms with van der Waals surface area (Å²) in [5.74, 6) is -0.525. The molecule has 1 saturated heterocycles. The number of carbonyl (C=O) groups excluding carboxylic acids is 1. The van der Waals surface area contributed by atoms with Crippen molar-refractivity contribution in [2.45, 2.75) is 12.5 Å². The number of fused-ring (bicyclic) bond motifs is 2. The smallest absolute Gasteiger partial charge is 0.260 e. The summed E-state index contributed by atoms with van der Waals surface area (Å²) in [4.78, 5) is 19.1. The van der Waals surface area contributed by atoms with Gasteiger partial charge in [-0.05, 0) is 48.4 Å². The molecule has 0 spiro atoms. The molecule has 1 unspecified atom stereocenters. The van der Waals surface area contributed by atoms with Crippen LogP contribution >= 0.6 is 11.6 Å². The van der Waals surface area contributed by atoms with Crippen LogP contribution in [0.1, 0.15) is 17.7 Å². The number of pyridine rings is 1. The van der Waals surface area contributed by atoms with Crippen LogP contribution in [-0.2, 0) is 4.79 Å². The first kappa shape index (κ1) is 20.8. The molecule has 0 saturated carbocycles. The van der Waals surface area contributed by atoms with Crippen molar-refractivity contribution >= 4 is 51.3 Å². The SMILES string of the molecule is O=C1Nc2cc(Cl)c(-c3ccc(N4CCC(O)C4)cc3)cc2C1=C(O)c1cc2ncccc2o1. The molecule has 170 valence electrons. The van der Waals surface area contributed by atoms with Gasteiger partial charge in [-0.15, -0.1) is 0 Å². The van der Waals surface area contributed by atoms with E-state index >= 15 is 0 Å². The summed E-state index contributed by atoms with van der Waals surface area (Å²) in [5.41, 5.74) is 4.94. The second kappa shape index (κ2) is 7.90. The van der Waals surface area contributed by atoms with Gasteiger partial charge >= 0.3 is 0 Å². The average Bonchev–Trinajstić information content (AvgIpc) is 3.54. The van der Waals surface area contributed by atoms with Crippen LogP contribution in [0.3, 0.4) is 0 Å². The lowest BCUT2D eigenvalue weighted by Crippen LogP contribution is -2.20. The molecule has 1 fully saturated rings. The molecule has 1 atom stereocenters. The number of carbonyl (C=O) groups is 1. The number of aromatic nitrogens is 1. The summed E-state index contributed by atoms with van der Waals surface area (Å²) in [6.07, 6.45) is 2.10. The van der Waals surface area contributed by atoms with Crippen molar-refractivity contribution in [3.63, 3.8) is 0 Å². The van der Waals surface area contributed by atoms with Gasteiger partial charge in [0.2, 0.25) is 0 Å². The topological polar surface area (TPSA) is 98.8 Å². The number of aliphatic hydroxyl groups excluding tert-OH is 2. The van der Waals surface area contributed by atoms with Crippen molar-refractivity contribution in [2.75, 3.05) is 23.3 Å². The molecule has 2 aliphatic heterocycles. The number of aliphatic hydroxyl groups is 2. The number of hydrogen-bond acceptors (Lipinski definition) is 6. The Morgan fingerprint density at radius 1 is 1.15 bits per heavy atom. The number of rotatable bonds is 3. The molecule has 3 N–H and O–H groups in total. The zero-order valence-corrected chi connectivity index (χ0v) is 18.7. The number of nitrogens with zero attached hydrogens (tertiary/aromatic N) is 2. The van der Waals surface area contributed by atoms with Crippen LogP contribution in [0.4, 0.5) is 11.4 Å². The fourth-order valence-electron chi connectivity index (χ4n) is 4.58. The minimum absolute atomic E-state index is 0.120. The van der Waals surface area contributed by atoms with Gasteiger partial charge in [0.15, 0.2) is 17.1 Å². The highest BCUT2D eigenvalue weighted by Gasteiger charge is 2.31. The third kappa shape index (κ3) is 3.41. The summed E-state index contributed by atoms with van der Waals surface area (Å²) in [5, 5.41) is 24.0. The maximum absolute atomic E-state index is 12.8. The van der Waals surface area contributed by atoms with E-state index < -0.39 is 5.91 Å². The second-order valence-electron chi connectivity index (χ2n) is 8.49. The lowest BCUT2D eigenvalue weighted by atomic mass is 9.98. The highest BCUT2D eigenvalue weighted by atomic mass is 35.5. The first-order valence-electron chi connectivity index (χ1n) is 10.9. The molecule has 0 aliphatic carbocycles. The standard InChI is InChI=1S/C26H20ClN3O4/c27-19-11-20-18(10-17(19)14-3-5-15(6-4-14)30-9-7-16(31)13-30)24(26(33)29-20)25(32)23-12-21-22(34-23)2-1-8-28-21/h1-6,8,10-12,16,31-32H,7,9,13H2,(H,29,33). The van der Waals surface area contributed by atoms with E-state index in [4.69, 9.17) is 16.0 Å². The van der Waals surface area contributed by atoms with Crippen molar-refractivity contribution in [3.8, 4) is 11.1 Å². The number of amides is 1. The summed E-state index contributed by atoms with van der Waals surface area (Å²) in [6.45, 7) is 1.44. The molecule has 0 bridgehead atoms. The predicted octanol–water partition coefficient (Wildman–Crippen LogP) is 5.10. The van der Waals surface area contributed by atoms with Crippen LogP contribution in [0, 0.1) is 0 Å². The van der Waals surface area contributed by atoms with Crippen molar-refractivity contribution in [1.82, 2.24) is 4.98 Å². The van der Waals surface area contributed by atoms with Crippen molar-refractivity contribution in [3.05, 3.63) is 77.1 Å². The Labute approximate surface area is 199 Å². The Hall–Kier alpha value is -3.81. The van der Waals surface area contributed by atoms with E-state index in [0.717, 1.165) is 29.8 Å². The van der Waals surface area contributed by atoms with E-state index in [1.54, 1.807) is 36.5 Å². The van der Waals surface area contributed by atoms with Gasteiger partial charge in [0, 0.05) is 42.2 Å². The third-order valence-electron chi connectivity index (χ3n) is 6.32. The number of hydrogen-bond donors (Lipinski definition) is 3. The number of β-amino-alcohol motifs (C(OH)–C–C–N with tert-alkyl or cyclic N) is 1. The van der Waals surface area contributed by atoms with E-state index in [9.17, 15) is 15.0 Å². The van der Waals surface area contributed by atoms with E-state index in [2.05, 4.69) is 15.2 Å². The van der Waals surface area contributed by atoms with Gasteiger partial charge in [0.25, 0.3) is 5.91 Å². The van der Waals surface area contributed by atoms with Crippen LogP contribution < -0.4 is 10.2 Å². The first-order chi connectivity index (χ1) is 16.5. The Morgan fingerprint density at radius 3 is 2.71 bits per heavy atom. The normalized spacial score (nSPS) is 18.9. The Kier molecular flexibility index (Phi) is 4.83. The van der Waals surface area contributed by atoms with Gasteiger partial charge in [0.1, 0.15) is 5.52 Å². The molecule has 4 aromatic rings. The van der Waals surface area contributed by atoms with Crippen molar-refractivity contribution in [2.24, 2.45) is 0 Å². The second-order valence-corrected chi connectivity index (χ2v) is 8.90. The van der Waals surface area contributed by atoms with Crippen LogP contribution in [0.5, 0.6) is 0 Å². The third-order valence-corrected chi connectivity index (χ3v) is 6.63. The van der Waals surface area contributed by atoms with E-state index in [-0.39, 0.29) is 23.2 Å². The lowest BCUT2D eigenvalue weighted by Gasteiger charge is -2.18. The molecule has 0 radical (unpaired) electrons. The molecule has 8 heteroatoms. The zero-order valence-electron chi connectivity index (χ0n) is 18.0. The maximum Gasteiger partial charge on any atom is 0.260 e. The maximum atomic E-state index is 12.8. The first-order valence-corrected chi connectivity index (χ1v) is 11.3. The molecular weight excluding hydrogens is 454 g/mol. The van der Waals surface area contributed by atoms with Gasteiger partial charge in [0.05, 0.1) is 22.4 Å². The molecule has 1 amide bonds. The number of nitrogens with one attached hydrogen (secondary N) is 1. The fourth-order valence-corrected chi connectivity index (χ4v) is 4.86. The number of anilines is 2. The highest BCUT2D eigenvalue weighted by Crippen LogP contribution is 2.42. The monoisotopic (exact) mass is 473 g/mol. The molecular formula is C26H20ClN3O4. The minimum atomic E-state index is -0.433. The largest absolute Gasteiger partial charge is 0.504 e. The van der Waals surface area contributed by atoms with E-state index in [1.165, 1.54) is 0 Å². The summed E-state index contributed by atoms with van der Waals surface area (Å²) in [7, 11) is 0. The highest BCUT2D eigenvalue weighted by molar-refractivity contribution is 6.38. The van der Waals surface area contributed by atoms with Gasteiger partial charge in [-0.1, -0.05) is 23.7 Å². The molecule has 2 aliphatic rings. The van der Waals surface area contributed by atoms with Gasteiger partial charge < -0.3 is 24.8 Å². The molecule has 6 rings (SSSR count). The van der Waals surface area contributed by atoms with Crippen LogP contribution in [-0.4, -0.2) is 40.3 Å². The van der Waals surface area contributed by atoms with Crippen molar-refractivity contribution in [1.29, 1.82) is 0 Å². The summed E-state index contributed by atoms with van der Waals surface area (Å²) in [6, 6.07) is 16.5. The van der Waals surface area contributed by atoms with Crippen LogP contribution in [0.2, 0.25) is 5.02 Å². The van der Waals surface area contributed by atoms with Crippen molar-refractivity contribution < 1.29 is 19.4 Å². The lowest BCUT2D eigenvalue weighted by molar-refractivity contribution is -0.110. The molecule has 4 heterocycles. The fraction of sp³-hybridized carbons (Fsp3) is 0.154. The molecule has 2 aromatic heterocycles. The number of furan rings is 1. The number of halogens is 1. The Balaban J connectivity index is 1.40. The predicted molar refractivity (Wildman–Crippen MR) is 132 cm³/mol. The average molecular weight is 474 g/mol. The molecule has 34 heavy (non-hydrogen) atoms. The zero-order chi connectivity index (χ0) is 23.4. The van der Waals surface area contributed by atoms with Gasteiger partial charge in [-0.2, -0.15) is 0 Å². The van der Waals surface area contributed by atoms with Gasteiger partial charge in [-0.25, -0.2) is 0 Å². The Bertz CT molecular complexity index is 1440. The molecule has 7 nitrogen and oxygen atoms in total. The van der Waals surface area contributed by atoms with Gasteiger partial charge in [-0.3, -0.25) is 9.78 Å². The number of benzene rings is 2. The quantitative estimate of drug-likeness (QED) is 0.283. The molecule has 2 aromatic carbocycles. The van der Waals surface area contributed by atoms with E-state index in [0.29, 0.717) is 33.9 Å².